The van der Waals surface area contributed by atoms with Gasteiger partial charge in [0.25, 0.3) is 0 Å². The van der Waals surface area contributed by atoms with Crippen LogP contribution in [0.25, 0.3) is 0 Å². The van der Waals surface area contributed by atoms with E-state index in [1.807, 2.05) is 13.0 Å². The zero-order valence-corrected chi connectivity index (χ0v) is 8.40. The van der Waals surface area contributed by atoms with Crippen LogP contribution in [0, 0.1) is 6.92 Å². The van der Waals surface area contributed by atoms with Gasteiger partial charge in [-0.15, -0.1) is 6.58 Å². The van der Waals surface area contributed by atoms with Crippen LogP contribution >= 0.6 is 0 Å². The minimum Gasteiger partial charge on any atom is -0.271 e. The molecule has 1 aromatic heterocycles. The molecule has 0 aliphatic carbocycles. The highest BCUT2D eigenvalue weighted by atomic mass is 15.2. The van der Waals surface area contributed by atoms with E-state index in [2.05, 4.69) is 22.0 Å². The summed E-state index contributed by atoms with van der Waals surface area (Å²) in [4.78, 5) is 8.44. The third kappa shape index (κ3) is 2.90. The fourth-order valence-electron chi connectivity index (χ4n) is 1.18. The third-order valence-corrected chi connectivity index (χ3v) is 2.02. The quantitative estimate of drug-likeness (QED) is 0.419. The number of aromatic nitrogens is 2. The Balaban J connectivity index is 2.68. The fourth-order valence-corrected chi connectivity index (χ4v) is 1.18. The van der Waals surface area contributed by atoms with Crippen LogP contribution in [-0.4, -0.2) is 9.97 Å². The van der Waals surface area contributed by atoms with E-state index in [-0.39, 0.29) is 6.04 Å². The van der Waals surface area contributed by atoms with Gasteiger partial charge in [0.1, 0.15) is 0 Å². The van der Waals surface area contributed by atoms with E-state index in [1.165, 1.54) is 0 Å². The lowest BCUT2D eigenvalue weighted by Gasteiger charge is -2.13. The van der Waals surface area contributed by atoms with Crippen LogP contribution in [0.5, 0.6) is 0 Å². The molecule has 3 N–H and O–H groups in total. The summed E-state index contributed by atoms with van der Waals surface area (Å²) in [5, 5.41) is 0. The van der Waals surface area contributed by atoms with E-state index in [4.69, 9.17) is 5.84 Å². The van der Waals surface area contributed by atoms with E-state index in [0.29, 0.717) is 0 Å². The number of nitrogens with one attached hydrogen (secondary N) is 1. The molecule has 0 bridgehead atoms. The summed E-state index contributed by atoms with van der Waals surface area (Å²) in [6, 6.07) is 0.0566. The summed E-state index contributed by atoms with van der Waals surface area (Å²) in [5.41, 5.74) is 4.51. The average Bonchev–Trinajstić information content (AvgIpc) is 2.21. The van der Waals surface area contributed by atoms with E-state index in [9.17, 15) is 0 Å². The van der Waals surface area contributed by atoms with Gasteiger partial charge < -0.3 is 0 Å². The van der Waals surface area contributed by atoms with Crippen LogP contribution < -0.4 is 11.3 Å². The van der Waals surface area contributed by atoms with Crippen LogP contribution in [0.1, 0.15) is 30.3 Å². The highest BCUT2D eigenvalue weighted by Gasteiger charge is 2.09. The van der Waals surface area contributed by atoms with Crippen LogP contribution in [0.4, 0.5) is 0 Å². The Morgan fingerprint density at radius 3 is 2.86 bits per heavy atom. The van der Waals surface area contributed by atoms with Gasteiger partial charge >= 0.3 is 0 Å². The van der Waals surface area contributed by atoms with Gasteiger partial charge in [-0.3, -0.25) is 21.2 Å². The van der Waals surface area contributed by atoms with Crippen molar-refractivity contribution in [3.63, 3.8) is 0 Å². The van der Waals surface area contributed by atoms with Crippen molar-refractivity contribution in [3.05, 3.63) is 36.4 Å². The third-order valence-electron chi connectivity index (χ3n) is 2.02. The second-order valence-corrected chi connectivity index (χ2v) is 3.17. The minimum absolute atomic E-state index is 0.0566. The molecule has 1 unspecified atom stereocenters. The van der Waals surface area contributed by atoms with Gasteiger partial charge in [-0.05, 0) is 19.8 Å². The van der Waals surface area contributed by atoms with Gasteiger partial charge in [0.15, 0.2) is 0 Å². The molecule has 0 fully saturated rings. The van der Waals surface area contributed by atoms with Crippen molar-refractivity contribution >= 4 is 0 Å². The molecule has 1 atom stereocenters. The molecular weight excluding hydrogens is 176 g/mol. The number of nitrogens with zero attached hydrogens (tertiary/aromatic N) is 2. The Labute approximate surface area is 84.2 Å². The summed E-state index contributed by atoms with van der Waals surface area (Å²) < 4.78 is 0. The van der Waals surface area contributed by atoms with Crippen molar-refractivity contribution in [3.8, 4) is 0 Å². The Hall–Kier alpha value is -1.26. The van der Waals surface area contributed by atoms with Crippen molar-refractivity contribution < 1.29 is 0 Å². The molecule has 1 heterocycles. The lowest BCUT2D eigenvalue weighted by molar-refractivity contribution is 0.506. The molecule has 0 saturated heterocycles. The number of allylic oxidation sites excluding steroid dienone is 1. The Morgan fingerprint density at radius 1 is 1.57 bits per heavy atom. The molecular formula is C10H16N4. The Morgan fingerprint density at radius 2 is 2.36 bits per heavy atom. The van der Waals surface area contributed by atoms with Crippen molar-refractivity contribution in [1.82, 2.24) is 15.4 Å². The monoisotopic (exact) mass is 192 g/mol. The lowest BCUT2D eigenvalue weighted by atomic mass is 10.1. The van der Waals surface area contributed by atoms with Gasteiger partial charge in [0, 0.05) is 6.20 Å². The molecule has 0 aliphatic rings. The van der Waals surface area contributed by atoms with E-state index >= 15 is 0 Å². The van der Waals surface area contributed by atoms with Crippen LogP contribution in [-0.2, 0) is 0 Å². The molecule has 14 heavy (non-hydrogen) atoms. The number of hydrazine groups is 1. The van der Waals surface area contributed by atoms with Gasteiger partial charge in [-0.25, -0.2) is 0 Å². The first-order valence-electron chi connectivity index (χ1n) is 4.63. The second-order valence-electron chi connectivity index (χ2n) is 3.17. The molecule has 0 aliphatic heterocycles. The average molecular weight is 192 g/mol. The Bertz CT molecular complexity index is 281. The van der Waals surface area contributed by atoms with Gasteiger partial charge in [-0.1, -0.05) is 6.08 Å². The molecule has 1 aromatic rings. The maximum atomic E-state index is 5.43. The number of rotatable bonds is 5. The fraction of sp³-hybridized carbons (Fsp3) is 0.400. The van der Waals surface area contributed by atoms with Crippen LogP contribution in [0.2, 0.25) is 0 Å². The van der Waals surface area contributed by atoms with E-state index in [1.54, 1.807) is 12.4 Å². The topological polar surface area (TPSA) is 63.8 Å². The first-order chi connectivity index (χ1) is 6.77. The summed E-state index contributed by atoms with van der Waals surface area (Å²) >= 11 is 0. The molecule has 0 radical (unpaired) electrons. The van der Waals surface area contributed by atoms with Crippen LogP contribution in [0.15, 0.2) is 25.0 Å². The number of nitrogens with two attached hydrogens (primary N) is 1. The molecule has 76 valence electrons. The van der Waals surface area contributed by atoms with E-state index < -0.39 is 0 Å². The second kappa shape index (κ2) is 5.47. The van der Waals surface area contributed by atoms with Crippen LogP contribution in [0.3, 0.4) is 0 Å². The maximum Gasteiger partial charge on any atom is 0.0769 e. The number of aryl methyl sites for hydroxylation is 1. The normalized spacial score (nSPS) is 12.4. The molecule has 0 saturated carbocycles. The van der Waals surface area contributed by atoms with Gasteiger partial charge in [0.05, 0.1) is 23.6 Å². The predicted molar refractivity (Wildman–Crippen MR) is 56.3 cm³/mol. The Kier molecular flexibility index (Phi) is 4.22. The molecule has 4 nitrogen and oxygen atoms in total. The SMILES string of the molecule is C=CCCC(NN)c1cnc(C)cn1. The van der Waals surface area contributed by atoms with Crippen molar-refractivity contribution in [2.75, 3.05) is 0 Å². The largest absolute Gasteiger partial charge is 0.271 e. The van der Waals surface area contributed by atoms with Crippen molar-refractivity contribution in [2.45, 2.75) is 25.8 Å². The zero-order chi connectivity index (χ0) is 10.4. The maximum absolute atomic E-state index is 5.43. The molecule has 1 rings (SSSR count). The zero-order valence-electron chi connectivity index (χ0n) is 8.40. The molecule has 0 amide bonds. The summed E-state index contributed by atoms with van der Waals surface area (Å²) in [6.07, 6.45) is 7.16. The van der Waals surface area contributed by atoms with E-state index in [0.717, 1.165) is 24.2 Å². The highest BCUT2D eigenvalue weighted by molar-refractivity contribution is 5.05. The lowest BCUT2D eigenvalue weighted by Crippen LogP contribution is -2.28. The first-order valence-corrected chi connectivity index (χ1v) is 4.63. The molecule has 4 heteroatoms. The first kappa shape index (κ1) is 10.8. The smallest absolute Gasteiger partial charge is 0.0769 e. The minimum atomic E-state index is 0.0566. The van der Waals surface area contributed by atoms with Crippen molar-refractivity contribution in [1.29, 1.82) is 0 Å². The number of hydrogen-bond donors (Lipinski definition) is 2. The molecule has 0 aromatic carbocycles. The standard InChI is InChI=1S/C10H16N4/c1-3-4-5-9(14-11)10-7-12-8(2)6-13-10/h3,6-7,9,14H,1,4-5,11H2,2H3. The number of hydrogen-bond acceptors (Lipinski definition) is 4. The van der Waals surface area contributed by atoms with Gasteiger partial charge in [-0.2, -0.15) is 0 Å². The summed E-state index contributed by atoms with van der Waals surface area (Å²) in [6.45, 7) is 5.58. The van der Waals surface area contributed by atoms with Gasteiger partial charge in [0.2, 0.25) is 0 Å². The molecule has 0 spiro atoms. The summed E-state index contributed by atoms with van der Waals surface area (Å²) in [7, 11) is 0. The predicted octanol–water partition coefficient (Wildman–Crippen LogP) is 1.26. The summed E-state index contributed by atoms with van der Waals surface area (Å²) in [5.74, 6) is 5.43. The van der Waals surface area contributed by atoms with Crippen molar-refractivity contribution in [2.24, 2.45) is 5.84 Å². The highest BCUT2D eigenvalue weighted by Crippen LogP contribution is 2.14.